The van der Waals surface area contributed by atoms with Gasteiger partial charge in [0.2, 0.25) is 0 Å². The first-order valence-electron chi connectivity index (χ1n) is 9.82. The van der Waals surface area contributed by atoms with Crippen molar-refractivity contribution in [3.8, 4) is 11.1 Å². The lowest BCUT2D eigenvalue weighted by Gasteiger charge is -2.35. The molecular weight excluding hydrogens is 401 g/mol. The summed E-state index contributed by atoms with van der Waals surface area (Å²) in [5.74, 6) is -0.364. The van der Waals surface area contributed by atoms with E-state index in [9.17, 15) is 4.39 Å². The summed E-state index contributed by atoms with van der Waals surface area (Å²) < 4.78 is 18.1. The molecule has 7 nitrogen and oxygen atoms in total. The van der Waals surface area contributed by atoms with Crippen LogP contribution in [0.3, 0.4) is 0 Å². The zero-order valence-corrected chi connectivity index (χ0v) is 17.5. The minimum absolute atomic E-state index is 0.303. The van der Waals surface area contributed by atoms with E-state index in [1.807, 2.05) is 25.5 Å². The van der Waals surface area contributed by atoms with Gasteiger partial charge in [0.1, 0.15) is 10.5 Å². The number of nitrogens with two attached hydrogens (primary N) is 1. The highest BCUT2D eigenvalue weighted by molar-refractivity contribution is 7.99. The Morgan fingerprint density at radius 1 is 1.27 bits per heavy atom. The summed E-state index contributed by atoms with van der Waals surface area (Å²) in [7, 11) is 2.00. The topological polar surface area (TPSA) is 86.1 Å². The van der Waals surface area contributed by atoms with Gasteiger partial charge in [0.25, 0.3) is 0 Å². The molecule has 0 saturated heterocycles. The first-order chi connectivity index (χ1) is 14.5. The lowest BCUT2D eigenvalue weighted by molar-refractivity contribution is 0.217. The predicted molar refractivity (Wildman–Crippen MR) is 115 cm³/mol. The highest BCUT2D eigenvalue weighted by atomic mass is 32.2. The summed E-state index contributed by atoms with van der Waals surface area (Å²) in [5, 5.41) is 12.6. The Kier molecular flexibility index (Phi) is 4.71. The number of hydrogen-bond donors (Lipinski definition) is 2. The summed E-state index contributed by atoms with van der Waals surface area (Å²) in [4.78, 5) is 4.97. The summed E-state index contributed by atoms with van der Waals surface area (Å²) in [6.45, 7) is 2.09. The van der Waals surface area contributed by atoms with Crippen molar-refractivity contribution in [1.29, 1.82) is 0 Å². The molecule has 0 amide bonds. The van der Waals surface area contributed by atoms with Crippen LogP contribution < -0.4 is 11.1 Å². The number of hydrogen-bond acceptors (Lipinski definition) is 6. The molecule has 9 heteroatoms. The second kappa shape index (κ2) is 7.41. The molecular formula is C21H22FN7S. The maximum Gasteiger partial charge on any atom is 0.155 e. The Bertz CT molecular complexity index is 1230. The van der Waals surface area contributed by atoms with E-state index in [2.05, 4.69) is 32.1 Å². The number of nitrogens with zero attached hydrogens (tertiary/aromatic N) is 5. The second-order valence-electron chi connectivity index (χ2n) is 7.58. The quantitative estimate of drug-likeness (QED) is 0.509. The average Bonchev–Trinajstić information content (AvgIpc) is 3.26. The van der Waals surface area contributed by atoms with Gasteiger partial charge in [0.05, 0.1) is 24.1 Å². The van der Waals surface area contributed by atoms with Crippen LogP contribution in [-0.4, -0.2) is 37.5 Å². The van der Waals surface area contributed by atoms with Crippen molar-refractivity contribution in [2.24, 2.45) is 0 Å². The average molecular weight is 424 g/mol. The number of halogens is 1. The first kappa shape index (κ1) is 19.1. The fourth-order valence-electron chi connectivity index (χ4n) is 3.98. The molecule has 154 valence electrons. The van der Waals surface area contributed by atoms with Crippen LogP contribution in [-0.2, 0) is 0 Å². The number of aromatic nitrogens is 5. The molecule has 4 aromatic heterocycles. The van der Waals surface area contributed by atoms with Gasteiger partial charge in [-0.1, -0.05) is 11.8 Å². The summed E-state index contributed by atoms with van der Waals surface area (Å²) >= 11 is 1.25. The Hall–Kier alpha value is -2.91. The van der Waals surface area contributed by atoms with E-state index in [0.29, 0.717) is 22.8 Å². The van der Waals surface area contributed by atoms with Gasteiger partial charge in [-0.15, -0.1) is 0 Å². The molecule has 1 aliphatic carbocycles. The minimum Gasteiger partial charge on any atom is -0.396 e. The maximum atomic E-state index is 14.2. The number of nitrogen functional groups attached to an aromatic ring is 1. The molecule has 0 aliphatic heterocycles. The van der Waals surface area contributed by atoms with Crippen molar-refractivity contribution in [2.75, 3.05) is 12.8 Å². The lowest BCUT2D eigenvalue weighted by atomic mass is 9.87. The van der Waals surface area contributed by atoms with Gasteiger partial charge in [-0.05, 0) is 45.0 Å². The fourth-order valence-corrected chi connectivity index (χ4v) is 4.96. The second-order valence-corrected chi connectivity index (χ2v) is 8.61. The van der Waals surface area contributed by atoms with Gasteiger partial charge in [-0.3, -0.25) is 4.68 Å². The zero-order chi connectivity index (χ0) is 20.8. The zero-order valence-electron chi connectivity index (χ0n) is 16.7. The fraction of sp³-hybridized carbons (Fsp3) is 0.286. The highest BCUT2D eigenvalue weighted by Crippen LogP contribution is 2.39. The predicted octanol–water partition coefficient (Wildman–Crippen LogP) is 3.70. The SMILES string of the molecule is CNC1CC(n2ncc(-c3cc(Sc4ncccc4F)c4c(N)cnn4c3)c2C)C1. The van der Waals surface area contributed by atoms with Gasteiger partial charge in [0.15, 0.2) is 5.82 Å². The minimum atomic E-state index is -0.364. The van der Waals surface area contributed by atoms with E-state index < -0.39 is 0 Å². The molecule has 0 unspecified atom stereocenters. The first-order valence-corrected chi connectivity index (χ1v) is 10.6. The Morgan fingerprint density at radius 3 is 2.87 bits per heavy atom. The van der Waals surface area contributed by atoms with E-state index >= 15 is 0 Å². The van der Waals surface area contributed by atoms with Crippen molar-refractivity contribution in [3.63, 3.8) is 0 Å². The van der Waals surface area contributed by atoms with E-state index in [1.165, 1.54) is 17.8 Å². The standard InChI is InChI=1S/C21H22FN7S/c1-12-16(9-27-29(12)15-7-14(8-15)24-2)13-6-19(20-18(23)10-26-28(20)11-13)30-21-17(22)4-3-5-25-21/h3-6,9-11,14-15,24H,7-8,23H2,1-2H3. The molecule has 0 aromatic carbocycles. The molecule has 0 spiro atoms. The van der Waals surface area contributed by atoms with Crippen LogP contribution in [0.4, 0.5) is 10.1 Å². The van der Waals surface area contributed by atoms with Gasteiger partial charge in [0, 0.05) is 40.2 Å². The molecule has 3 N–H and O–H groups in total. The molecule has 4 aromatic rings. The smallest absolute Gasteiger partial charge is 0.155 e. The van der Waals surface area contributed by atoms with Crippen LogP contribution in [0.25, 0.3) is 16.6 Å². The van der Waals surface area contributed by atoms with Crippen molar-refractivity contribution >= 4 is 23.0 Å². The van der Waals surface area contributed by atoms with E-state index in [1.54, 1.807) is 23.0 Å². The molecule has 5 rings (SSSR count). The van der Waals surface area contributed by atoms with Gasteiger partial charge >= 0.3 is 0 Å². The molecule has 1 saturated carbocycles. The van der Waals surface area contributed by atoms with Crippen molar-refractivity contribution in [2.45, 2.75) is 41.8 Å². The molecule has 30 heavy (non-hydrogen) atoms. The monoisotopic (exact) mass is 423 g/mol. The Balaban J connectivity index is 1.56. The number of rotatable bonds is 5. The largest absolute Gasteiger partial charge is 0.396 e. The van der Waals surface area contributed by atoms with Crippen molar-refractivity contribution < 1.29 is 4.39 Å². The number of fused-ring (bicyclic) bond motifs is 1. The summed E-state index contributed by atoms with van der Waals surface area (Å²) in [6.07, 6.45) is 9.18. The normalized spacial score (nSPS) is 18.6. The lowest BCUT2D eigenvalue weighted by Crippen LogP contribution is -2.40. The maximum absolute atomic E-state index is 14.2. The van der Waals surface area contributed by atoms with E-state index in [0.717, 1.165) is 40.1 Å². The van der Waals surface area contributed by atoms with Crippen LogP contribution in [0, 0.1) is 12.7 Å². The van der Waals surface area contributed by atoms with E-state index in [4.69, 9.17) is 5.73 Å². The molecule has 0 atom stereocenters. The summed E-state index contributed by atoms with van der Waals surface area (Å²) in [5.41, 5.74) is 10.5. The van der Waals surface area contributed by atoms with Gasteiger partial charge in [-0.2, -0.15) is 10.2 Å². The number of nitrogens with one attached hydrogen (secondary N) is 1. The third-order valence-electron chi connectivity index (χ3n) is 5.76. The van der Waals surface area contributed by atoms with Crippen molar-refractivity contribution in [3.05, 3.63) is 54.5 Å². The van der Waals surface area contributed by atoms with Crippen LogP contribution in [0.5, 0.6) is 0 Å². The van der Waals surface area contributed by atoms with Crippen LogP contribution >= 0.6 is 11.8 Å². The van der Waals surface area contributed by atoms with E-state index in [-0.39, 0.29) is 5.82 Å². The summed E-state index contributed by atoms with van der Waals surface area (Å²) in [6, 6.07) is 5.97. The third kappa shape index (κ3) is 3.14. The molecule has 1 fully saturated rings. The molecule has 1 aliphatic rings. The number of anilines is 1. The molecule has 0 bridgehead atoms. The van der Waals surface area contributed by atoms with Gasteiger partial charge in [-0.25, -0.2) is 13.9 Å². The number of pyridine rings is 2. The Morgan fingerprint density at radius 2 is 2.10 bits per heavy atom. The molecule has 4 heterocycles. The van der Waals surface area contributed by atoms with Crippen molar-refractivity contribution in [1.82, 2.24) is 29.7 Å². The van der Waals surface area contributed by atoms with Crippen LogP contribution in [0.2, 0.25) is 0 Å². The van der Waals surface area contributed by atoms with Crippen LogP contribution in [0.1, 0.15) is 24.6 Å². The molecule has 0 radical (unpaired) electrons. The van der Waals surface area contributed by atoms with Gasteiger partial charge < -0.3 is 11.1 Å². The van der Waals surface area contributed by atoms with Crippen LogP contribution in [0.15, 0.2) is 52.9 Å². The third-order valence-corrected chi connectivity index (χ3v) is 6.78. The highest BCUT2D eigenvalue weighted by Gasteiger charge is 2.31. The Labute approximate surface area is 177 Å².